The van der Waals surface area contributed by atoms with E-state index in [-0.39, 0.29) is 17.4 Å². The van der Waals surface area contributed by atoms with Crippen LogP contribution in [0.4, 0.5) is 0 Å². The summed E-state index contributed by atoms with van der Waals surface area (Å²) in [6.45, 7) is 0.201. The van der Waals surface area contributed by atoms with Crippen LogP contribution in [0.1, 0.15) is 11.1 Å². The number of aliphatic hydroxyl groups excluding tert-OH is 1. The van der Waals surface area contributed by atoms with Crippen molar-refractivity contribution >= 4 is 37.3 Å². The first kappa shape index (κ1) is 14.7. The van der Waals surface area contributed by atoms with Crippen molar-refractivity contribution in [2.75, 3.05) is 0 Å². The second-order valence-corrected chi connectivity index (χ2v) is 7.59. The van der Waals surface area contributed by atoms with Gasteiger partial charge in [-0.1, -0.05) is 24.3 Å². The van der Waals surface area contributed by atoms with Crippen LogP contribution in [-0.4, -0.2) is 13.5 Å². The molecule has 0 bridgehead atoms. The van der Waals surface area contributed by atoms with E-state index in [9.17, 15) is 8.42 Å². The summed E-state index contributed by atoms with van der Waals surface area (Å²) in [5.41, 5.74) is 1.64. The van der Waals surface area contributed by atoms with Gasteiger partial charge >= 0.3 is 0 Å². The molecule has 7 heteroatoms. The molecule has 0 saturated carbocycles. The lowest BCUT2D eigenvalue weighted by Gasteiger charge is -2.06. The van der Waals surface area contributed by atoms with E-state index in [4.69, 9.17) is 5.11 Å². The molecule has 0 unspecified atom stereocenters. The summed E-state index contributed by atoms with van der Waals surface area (Å²) in [6, 6.07) is 8.82. The molecule has 0 fully saturated rings. The van der Waals surface area contributed by atoms with Crippen LogP contribution in [-0.2, 0) is 23.2 Å². The molecule has 0 radical (unpaired) electrons. The number of rotatable bonds is 5. The average Bonchev–Trinajstić information content (AvgIpc) is 2.84. The highest BCUT2D eigenvalue weighted by atomic mass is 79.9. The normalized spacial score (nSPS) is 11.7. The molecule has 0 amide bonds. The molecule has 2 rings (SSSR count). The van der Waals surface area contributed by atoms with Crippen molar-refractivity contribution < 1.29 is 13.5 Å². The first-order valence-electron chi connectivity index (χ1n) is 5.44. The Bertz CT molecular complexity index is 650. The lowest BCUT2D eigenvalue weighted by atomic mass is 10.1. The summed E-state index contributed by atoms with van der Waals surface area (Å²) in [6.07, 6.45) is 0. The maximum absolute atomic E-state index is 12.0. The Morgan fingerprint density at radius 2 is 1.79 bits per heavy atom. The van der Waals surface area contributed by atoms with Crippen molar-refractivity contribution in [3.8, 4) is 0 Å². The highest BCUT2D eigenvalue weighted by molar-refractivity contribution is 9.10. The van der Waals surface area contributed by atoms with E-state index in [1.54, 1.807) is 35.7 Å². The summed E-state index contributed by atoms with van der Waals surface area (Å²) < 4.78 is 27.5. The van der Waals surface area contributed by atoms with E-state index in [1.807, 2.05) is 0 Å². The topological polar surface area (TPSA) is 66.4 Å². The third-order valence-electron chi connectivity index (χ3n) is 2.50. The molecule has 2 aromatic rings. The van der Waals surface area contributed by atoms with Gasteiger partial charge in [0.1, 0.15) is 4.21 Å². The maximum Gasteiger partial charge on any atom is 0.251 e. The molecule has 1 aromatic heterocycles. The largest absolute Gasteiger partial charge is 0.392 e. The third-order valence-corrected chi connectivity index (χ3v) is 6.57. The highest BCUT2D eigenvalue weighted by Gasteiger charge is 2.18. The molecule has 0 saturated heterocycles. The van der Waals surface area contributed by atoms with Gasteiger partial charge in [0.15, 0.2) is 0 Å². The van der Waals surface area contributed by atoms with Gasteiger partial charge in [0.2, 0.25) is 0 Å². The molecule has 19 heavy (non-hydrogen) atoms. The molecule has 2 N–H and O–H groups in total. The van der Waals surface area contributed by atoms with Crippen molar-refractivity contribution in [1.82, 2.24) is 4.72 Å². The number of halogens is 1. The van der Waals surface area contributed by atoms with Crippen molar-refractivity contribution in [2.45, 2.75) is 17.4 Å². The Kier molecular flexibility index (Phi) is 4.75. The van der Waals surface area contributed by atoms with Crippen LogP contribution in [0, 0.1) is 0 Å². The van der Waals surface area contributed by atoms with E-state index in [2.05, 4.69) is 20.7 Å². The van der Waals surface area contributed by atoms with Gasteiger partial charge in [0.25, 0.3) is 10.0 Å². The quantitative estimate of drug-likeness (QED) is 0.859. The minimum absolute atomic E-state index is 0.0197. The summed E-state index contributed by atoms with van der Waals surface area (Å²) in [7, 11) is -3.49. The second kappa shape index (κ2) is 6.15. The number of nitrogens with one attached hydrogen (secondary N) is 1. The zero-order chi connectivity index (χ0) is 13.9. The highest BCUT2D eigenvalue weighted by Crippen LogP contribution is 2.27. The molecular formula is C12H12BrNO3S2. The van der Waals surface area contributed by atoms with Crippen molar-refractivity contribution in [3.05, 3.63) is 51.3 Å². The van der Waals surface area contributed by atoms with Crippen LogP contribution >= 0.6 is 27.3 Å². The van der Waals surface area contributed by atoms with Crippen LogP contribution in [0.25, 0.3) is 0 Å². The van der Waals surface area contributed by atoms with Crippen LogP contribution in [0.3, 0.4) is 0 Å². The predicted octanol–water partition coefficient (Wildman–Crippen LogP) is 2.48. The van der Waals surface area contributed by atoms with Gasteiger partial charge in [0, 0.05) is 11.0 Å². The van der Waals surface area contributed by atoms with Gasteiger partial charge in [0.05, 0.1) is 6.61 Å². The number of hydrogen-bond acceptors (Lipinski definition) is 4. The Hall–Kier alpha value is -0.730. The van der Waals surface area contributed by atoms with Crippen LogP contribution in [0.15, 0.2) is 44.4 Å². The van der Waals surface area contributed by atoms with E-state index in [0.717, 1.165) is 11.1 Å². The standard InChI is InChI=1S/C12H12BrNO3S2/c13-11-5-6-18-12(11)19(16,17)14-7-9-1-3-10(8-15)4-2-9/h1-6,14-15H,7-8H2. The van der Waals surface area contributed by atoms with E-state index < -0.39 is 10.0 Å². The zero-order valence-corrected chi connectivity index (χ0v) is 13.1. The first-order chi connectivity index (χ1) is 9.03. The smallest absolute Gasteiger partial charge is 0.251 e. The Balaban J connectivity index is 2.07. The van der Waals surface area contributed by atoms with Crippen LogP contribution in [0.2, 0.25) is 0 Å². The Morgan fingerprint density at radius 1 is 1.16 bits per heavy atom. The fourth-order valence-corrected chi connectivity index (χ4v) is 4.88. The molecule has 1 aromatic carbocycles. The van der Waals surface area contributed by atoms with Crippen molar-refractivity contribution in [2.24, 2.45) is 0 Å². The predicted molar refractivity (Wildman–Crippen MR) is 78.4 cm³/mol. The lowest BCUT2D eigenvalue weighted by molar-refractivity contribution is 0.282. The minimum atomic E-state index is -3.49. The Labute approximate surface area is 124 Å². The maximum atomic E-state index is 12.0. The second-order valence-electron chi connectivity index (χ2n) is 3.86. The minimum Gasteiger partial charge on any atom is -0.392 e. The number of thiophene rings is 1. The molecule has 102 valence electrons. The molecule has 0 aliphatic rings. The summed E-state index contributed by atoms with van der Waals surface area (Å²) >= 11 is 4.38. The molecule has 0 aliphatic heterocycles. The van der Waals surface area contributed by atoms with Gasteiger partial charge in [-0.15, -0.1) is 11.3 Å². The van der Waals surface area contributed by atoms with Gasteiger partial charge in [-0.05, 0) is 38.5 Å². The van der Waals surface area contributed by atoms with Gasteiger partial charge < -0.3 is 5.11 Å². The number of aliphatic hydroxyl groups is 1. The van der Waals surface area contributed by atoms with Crippen LogP contribution in [0.5, 0.6) is 0 Å². The Morgan fingerprint density at radius 3 is 2.32 bits per heavy atom. The number of hydrogen-bond donors (Lipinski definition) is 2. The van der Waals surface area contributed by atoms with Gasteiger partial charge in [-0.2, -0.15) is 0 Å². The van der Waals surface area contributed by atoms with Gasteiger partial charge in [-0.25, -0.2) is 13.1 Å². The zero-order valence-electron chi connectivity index (χ0n) is 9.84. The summed E-state index contributed by atoms with van der Waals surface area (Å²) in [4.78, 5) is 0. The molecule has 0 spiro atoms. The van der Waals surface area contributed by atoms with E-state index >= 15 is 0 Å². The number of sulfonamides is 1. The van der Waals surface area contributed by atoms with Crippen molar-refractivity contribution in [3.63, 3.8) is 0 Å². The van der Waals surface area contributed by atoms with Crippen LogP contribution < -0.4 is 4.72 Å². The van der Waals surface area contributed by atoms with Gasteiger partial charge in [-0.3, -0.25) is 0 Å². The van der Waals surface area contributed by atoms with E-state index in [1.165, 1.54) is 11.3 Å². The fraction of sp³-hybridized carbons (Fsp3) is 0.167. The van der Waals surface area contributed by atoms with E-state index in [0.29, 0.717) is 4.47 Å². The number of benzene rings is 1. The first-order valence-corrected chi connectivity index (χ1v) is 8.60. The fourth-order valence-electron chi connectivity index (χ4n) is 1.48. The average molecular weight is 362 g/mol. The molecule has 0 atom stereocenters. The molecule has 4 nitrogen and oxygen atoms in total. The molecular weight excluding hydrogens is 350 g/mol. The SMILES string of the molecule is O=S(=O)(NCc1ccc(CO)cc1)c1sccc1Br. The summed E-state index contributed by atoms with van der Waals surface area (Å²) in [5, 5.41) is 10.6. The third kappa shape index (κ3) is 3.64. The lowest BCUT2D eigenvalue weighted by Crippen LogP contribution is -2.22. The molecule has 1 heterocycles. The summed E-state index contributed by atoms with van der Waals surface area (Å²) in [5.74, 6) is 0. The van der Waals surface area contributed by atoms with Crippen molar-refractivity contribution in [1.29, 1.82) is 0 Å². The molecule has 0 aliphatic carbocycles. The monoisotopic (exact) mass is 361 g/mol.